The first kappa shape index (κ1) is 29.0. The van der Waals surface area contributed by atoms with Crippen LogP contribution < -0.4 is 19.5 Å². The fourth-order valence-electron chi connectivity index (χ4n) is 5.16. The second-order valence-corrected chi connectivity index (χ2v) is 10.3. The van der Waals surface area contributed by atoms with Gasteiger partial charge < -0.3 is 24.4 Å². The monoisotopic (exact) mass is 544 g/mol. The zero-order valence-electron chi connectivity index (χ0n) is 23.7. The lowest BCUT2D eigenvalue weighted by Crippen LogP contribution is -2.53. The van der Waals surface area contributed by atoms with Gasteiger partial charge in [-0.1, -0.05) is 73.9 Å². The number of carbonyl (C=O) groups excluding carboxylic acids is 2. The van der Waals surface area contributed by atoms with Gasteiger partial charge in [0.2, 0.25) is 5.91 Å². The van der Waals surface area contributed by atoms with E-state index in [0.29, 0.717) is 30.2 Å². The number of aryl methyl sites for hydroxylation is 1. The molecule has 1 N–H and O–H groups in total. The van der Waals surface area contributed by atoms with Gasteiger partial charge in [0.15, 0.2) is 6.61 Å². The molecule has 4 rings (SSSR count). The topological polar surface area (TPSA) is 77.1 Å². The van der Waals surface area contributed by atoms with Crippen LogP contribution in [0.15, 0.2) is 72.8 Å². The summed E-state index contributed by atoms with van der Waals surface area (Å²) in [7, 11) is 3.12. The Balaban J connectivity index is 1.63. The second-order valence-electron chi connectivity index (χ2n) is 10.3. The summed E-state index contributed by atoms with van der Waals surface area (Å²) in [5, 5.41) is 3.27. The maximum Gasteiger partial charge on any atom is 0.261 e. The molecule has 7 heteroatoms. The van der Waals surface area contributed by atoms with Gasteiger partial charge in [-0.2, -0.15) is 0 Å². The van der Waals surface area contributed by atoms with Crippen LogP contribution in [0.25, 0.3) is 0 Å². The van der Waals surface area contributed by atoms with Gasteiger partial charge in [-0.25, -0.2) is 0 Å². The van der Waals surface area contributed by atoms with Crippen LogP contribution in [0, 0.1) is 6.92 Å². The van der Waals surface area contributed by atoms with Crippen molar-refractivity contribution in [1.29, 1.82) is 0 Å². The summed E-state index contributed by atoms with van der Waals surface area (Å²) >= 11 is 0. The minimum atomic E-state index is -0.695. The van der Waals surface area contributed by atoms with Crippen molar-refractivity contribution in [2.45, 2.75) is 64.1 Å². The Morgan fingerprint density at radius 1 is 0.875 bits per heavy atom. The highest BCUT2D eigenvalue weighted by Crippen LogP contribution is 2.28. The molecule has 0 aromatic heterocycles. The second kappa shape index (κ2) is 14.4. The zero-order chi connectivity index (χ0) is 28.3. The molecule has 40 heavy (non-hydrogen) atoms. The van der Waals surface area contributed by atoms with Crippen molar-refractivity contribution in [3.63, 3.8) is 0 Å². The largest absolute Gasteiger partial charge is 0.496 e. The molecule has 7 nitrogen and oxygen atoms in total. The highest BCUT2D eigenvalue weighted by molar-refractivity contribution is 5.88. The molecule has 0 spiro atoms. The molecule has 3 aromatic rings. The number of ether oxygens (including phenoxy) is 3. The number of nitrogens with zero attached hydrogens (tertiary/aromatic N) is 1. The summed E-state index contributed by atoms with van der Waals surface area (Å²) in [5.41, 5.74) is 3.04. The minimum Gasteiger partial charge on any atom is -0.496 e. The molecule has 1 aliphatic carbocycles. The van der Waals surface area contributed by atoms with Crippen molar-refractivity contribution in [2.75, 3.05) is 20.8 Å². The molecule has 0 radical (unpaired) electrons. The number of rotatable bonds is 12. The van der Waals surface area contributed by atoms with Crippen molar-refractivity contribution in [1.82, 2.24) is 10.2 Å². The number of hydrogen-bond acceptors (Lipinski definition) is 5. The lowest BCUT2D eigenvalue weighted by molar-refractivity contribution is -0.143. The molecule has 212 valence electrons. The van der Waals surface area contributed by atoms with Crippen LogP contribution in [0.1, 0.15) is 48.8 Å². The maximum absolute atomic E-state index is 13.9. The van der Waals surface area contributed by atoms with Gasteiger partial charge in [0.25, 0.3) is 5.91 Å². The summed E-state index contributed by atoms with van der Waals surface area (Å²) in [6.45, 7) is 2.08. The molecular formula is C33H40N2O5. The van der Waals surface area contributed by atoms with E-state index in [-0.39, 0.29) is 24.5 Å². The van der Waals surface area contributed by atoms with E-state index in [9.17, 15) is 9.59 Å². The average Bonchev–Trinajstić information content (AvgIpc) is 2.99. The number of nitrogens with one attached hydrogen (secondary N) is 1. The fourth-order valence-corrected chi connectivity index (χ4v) is 5.16. The van der Waals surface area contributed by atoms with Crippen LogP contribution in [0.3, 0.4) is 0 Å². The van der Waals surface area contributed by atoms with Gasteiger partial charge in [-0.3, -0.25) is 9.59 Å². The normalized spacial score (nSPS) is 14.2. The number of methoxy groups -OCH3 is 2. The van der Waals surface area contributed by atoms with E-state index in [1.807, 2.05) is 61.5 Å². The molecule has 0 bridgehead atoms. The number of hydrogen-bond donors (Lipinski definition) is 1. The summed E-state index contributed by atoms with van der Waals surface area (Å²) in [6, 6.07) is 22.4. The van der Waals surface area contributed by atoms with Gasteiger partial charge >= 0.3 is 0 Å². The molecule has 0 unspecified atom stereocenters. The summed E-state index contributed by atoms with van der Waals surface area (Å²) in [5.74, 6) is 1.18. The molecule has 0 saturated heterocycles. The van der Waals surface area contributed by atoms with Gasteiger partial charge in [-0.15, -0.1) is 0 Å². The van der Waals surface area contributed by atoms with Crippen LogP contribution in [-0.2, 0) is 22.6 Å². The van der Waals surface area contributed by atoms with E-state index >= 15 is 0 Å². The summed E-state index contributed by atoms with van der Waals surface area (Å²) in [6.07, 6.45) is 5.76. The third-order valence-electron chi connectivity index (χ3n) is 7.51. The summed E-state index contributed by atoms with van der Waals surface area (Å²) < 4.78 is 16.6. The van der Waals surface area contributed by atoms with E-state index in [2.05, 4.69) is 5.32 Å². The van der Waals surface area contributed by atoms with Crippen LogP contribution in [-0.4, -0.2) is 49.6 Å². The van der Waals surface area contributed by atoms with E-state index in [0.717, 1.165) is 42.4 Å². The van der Waals surface area contributed by atoms with Crippen molar-refractivity contribution in [3.8, 4) is 17.2 Å². The minimum absolute atomic E-state index is 0.124. The highest BCUT2D eigenvalue weighted by atomic mass is 16.5. The van der Waals surface area contributed by atoms with Crippen molar-refractivity contribution >= 4 is 11.8 Å². The van der Waals surface area contributed by atoms with Crippen molar-refractivity contribution in [2.24, 2.45) is 0 Å². The predicted molar refractivity (Wildman–Crippen MR) is 156 cm³/mol. The highest BCUT2D eigenvalue weighted by Gasteiger charge is 2.32. The molecule has 2 amide bonds. The Morgan fingerprint density at radius 2 is 1.50 bits per heavy atom. The first-order chi connectivity index (χ1) is 19.5. The third kappa shape index (κ3) is 8.01. The Labute approximate surface area is 237 Å². The fraction of sp³-hybridized carbons (Fsp3) is 0.394. The van der Waals surface area contributed by atoms with E-state index < -0.39 is 6.04 Å². The summed E-state index contributed by atoms with van der Waals surface area (Å²) in [4.78, 5) is 29.5. The Kier molecular flexibility index (Phi) is 10.4. The van der Waals surface area contributed by atoms with Gasteiger partial charge in [-0.05, 0) is 36.5 Å². The van der Waals surface area contributed by atoms with Crippen LogP contribution in [0.5, 0.6) is 17.2 Å². The van der Waals surface area contributed by atoms with Crippen LogP contribution in [0.4, 0.5) is 0 Å². The average molecular weight is 545 g/mol. The molecule has 1 aliphatic rings. The quantitative estimate of drug-likeness (QED) is 0.327. The smallest absolute Gasteiger partial charge is 0.261 e. The van der Waals surface area contributed by atoms with Crippen molar-refractivity contribution in [3.05, 3.63) is 89.5 Å². The zero-order valence-corrected chi connectivity index (χ0v) is 23.7. The molecule has 1 saturated carbocycles. The standard InChI is InChI=1S/C33H40N2O5/c1-24-12-10-11-15-26(24)22-35(32(36)23-40-30-20-28(38-2)19-29(21-30)39-3)31(18-25-13-6-4-7-14-25)33(37)34-27-16-8-5-9-17-27/h4,6-7,10-15,19-21,27,31H,5,8-9,16-18,22-23H2,1-3H3,(H,34,37)/t31-/m1/s1. The Hall–Kier alpha value is -4.00. The molecular weight excluding hydrogens is 504 g/mol. The first-order valence-electron chi connectivity index (χ1n) is 14.0. The Morgan fingerprint density at radius 3 is 2.15 bits per heavy atom. The van der Waals surface area contributed by atoms with Crippen molar-refractivity contribution < 1.29 is 23.8 Å². The molecule has 1 atom stereocenters. The van der Waals surface area contributed by atoms with E-state index in [1.54, 1.807) is 37.3 Å². The molecule has 1 fully saturated rings. The van der Waals surface area contributed by atoms with E-state index in [4.69, 9.17) is 14.2 Å². The third-order valence-corrected chi connectivity index (χ3v) is 7.51. The number of benzene rings is 3. The van der Waals surface area contributed by atoms with Crippen LogP contribution >= 0.6 is 0 Å². The Bertz CT molecular complexity index is 1230. The van der Waals surface area contributed by atoms with E-state index in [1.165, 1.54) is 6.42 Å². The molecule has 3 aromatic carbocycles. The first-order valence-corrected chi connectivity index (χ1v) is 14.0. The lowest BCUT2D eigenvalue weighted by atomic mass is 9.94. The van der Waals surface area contributed by atoms with Gasteiger partial charge in [0.1, 0.15) is 23.3 Å². The van der Waals surface area contributed by atoms with Gasteiger partial charge in [0, 0.05) is 37.2 Å². The predicted octanol–water partition coefficient (Wildman–Crippen LogP) is 5.48. The van der Waals surface area contributed by atoms with Gasteiger partial charge in [0.05, 0.1) is 14.2 Å². The number of carbonyl (C=O) groups is 2. The lowest BCUT2D eigenvalue weighted by Gasteiger charge is -2.33. The number of amides is 2. The molecule has 0 aliphatic heterocycles. The SMILES string of the molecule is COc1cc(OC)cc(OCC(=O)N(Cc2ccccc2C)[C@H](Cc2ccccc2)C(=O)NC2CCCCC2)c1. The van der Waals surface area contributed by atoms with Crippen LogP contribution in [0.2, 0.25) is 0 Å². The molecule has 0 heterocycles. The maximum atomic E-state index is 13.9.